The van der Waals surface area contributed by atoms with Crippen molar-refractivity contribution in [3.8, 4) is 0 Å². The van der Waals surface area contributed by atoms with Gasteiger partial charge in [0.2, 0.25) is 11.6 Å². The monoisotopic (exact) mass is 254 g/mol. The van der Waals surface area contributed by atoms with Crippen molar-refractivity contribution in [3.63, 3.8) is 0 Å². The van der Waals surface area contributed by atoms with Crippen LogP contribution in [0.4, 0.5) is 0 Å². The topological polar surface area (TPSA) is 140 Å². The van der Waals surface area contributed by atoms with Gasteiger partial charge in [0, 0.05) is 0 Å². The lowest BCUT2D eigenvalue weighted by atomic mass is 10.00. The van der Waals surface area contributed by atoms with E-state index in [2.05, 4.69) is 0 Å². The van der Waals surface area contributed by atoms with Crippen LogP contribution in [0.5, 0.6) is 0 Å². The Labute approximate surface area is 97.6 Å². The smallest absolute Gasteiger partial charge is 0.219 e. The van der Waals surface area contributed by atoms with Gasteiger partial charge in [0.15, 0.2) is 0 Å². The molecule has 0 aliphatic carbocycles. The molecule has 0 saturated carbocycles. The predicted octanol–water partition coefficient (Wildman–Crippen LogP) is -3.49. The van der Waals surface area contributed by atoms with E-state index >= 15 is 0 Å². The fraction of sp³-hybridized carbons (Fsp3) is 1.00. The predicted molar refractivity (Wildman–Crippen MR) is 52.6 cm³/mol. The first kappa shape index (κ1) is 14.7. The molecule has 0 spiro atoms. The zero-order chi connectivity index (χ0) is 13.3. The number of hydrogen-bond acceptors (Lipinski definition) is 8. The van der Waals surface area contributed by atoms with Crippen LogP contribution in [0.15, 0.2) is 0 Å². The molecular formula is C9H18O8. The van der Waals surface area contributed by atoms with Crippen molar-refractivity contribution in [2.45, 2.75) is 36.8 Å². The molecule has 6 N–H and O–H groups in total. The van der Waals surface area contributed by atoms with Crippen LogP contribution in [-0.4, -0.2) is 80.3 Å². The van der Waals surface area contributed by atoms with Crippen molar-refractivity contribution in [2.24, 2.45) is 0 Å². The minimum Gasteiger partial charge on any atom is -0.394 e. The lowest BCUT2D eigenvalue weighted by Gasteiger charge is -2.49. The number of aliphatic hydroxyl groups excluding tert-OH is 4. The first-order valence-electron chi connectivity index (χ1n) is 5.14. The summed E-state index contributed by atoms with van der Waals surface area (Å²) in [4.78, 5) is 0. The molecular weight excluding hydrogens is 236 g/mol. The number of aliphatic hydroxyl groups is 6. The third kappa shape index (κ3) is 2.59. The van der Waals surface area contributed by atoms with Gasteiger partial charge in [-0.2, -0.15) is 0 Å². The Hall–Kier alpha value is -0.320. The van der Waals surface area contributed by atoms with Crippen LogP contribution < -0.4 is 0 Å². The van der Waals surface area contributed by atoms with E-state index in [1.54, 1.807) is 0 Å². The summed E-state index contributed by atoms with van der Waals surface area (Å²) in [6.07, 6.45) is -4.31. The highest BCUT2D eigenvalue weighted by Crippen LogP contribution is 2.34. The van der Waals surface area contributed by atoms with E-state index in [4.69, 9.17) is 24.8 Å². The van der Waals surface area contributed by atoms with Crippen molar-refractivity contribution in [1.29, 1.82) is 0 Å². The zero-order valence-electron chi connectivity index (χ0n) is 9.35. The van der Waals surface area contributed by atoms with Gasteiger partial charge in [0.05, 0.1) is 19.8 Å². The Kier molecular flexibility index (Phi) is 4.44. The number of hydrogen-bond donors (Lipinski definition) is 6. The molecule has 8 nitrogen and oxygen atoms in total. The van der Waals surface area contributed by atoms with Gasteiger partial charge >= 0.3 is 0 Å². The summed E-state index contributed by atoms with van der Waals surface area (Å²) in [6, 6.07) is 0. The van der Waals surface area contributed by atoms with Crippen molar-refractivity contribution in [3.05, 3.63) is 0 Å². The van der Waals surface area contributed by atoms with Crippen LogP contribution >= 0.6 is 0 Å². The highest BCUT2D eigenvalue weighted by molar-refractivity contribution is 4.93. The Morgan fingerprint density at radius 3 is 2.00 bits per heavy atom. The van der Waals surface area contributed by atoms with E-state index < -0.39 is 49.7 Å². The fourth-order valence-electron chi connectivity index (χ4n) is 1.64. The first-order chi connectivity index (χ1) is 7.83. The molecule has 1 aliphatic rings. The van der Waals surface area contributed by atoms with Crippen molar-refractivity contribution < 1.29 is 40.1 Å². The van der Waals surface area contributed by atoms with Crippen molar-refractivity contribution >= 4 is 0 Å². The summed E-state index contributed by atoms with van der Waals surface area (Å²) in [7, 11) is 0. The molecule has 0 aromatic carbocycles. The molecule has 5 unspecified atom stereocenters. The zero-order valence-corrected chi connectivity index (χ0v) is 9.35. The first-order valence-corrected chi connectivity index (χ1v) is 5.14. The van der Waals surface area contributed by atoms with E-state index in [-0.39, 0.29) is 0 Å². The Morgan fingerprint density at radius 2 is 1.59 bits per heavy atom. The van der Waals surface area contributed by atoms with Crippen LogP contribution in [0.3, 0.4) is 0 Å². The maximum atomic E-state index is 9.88. The van der Waals surface area contributed by atoms with Crippen LogP contribution in [-0.2, 0) is 9.47 Å². The summed E-state index contributed by atoms with van der Waals surface area (Å²) in [6.45, 7) is -1.18. The molecule has 0 bridgehead atoms. The number of ether oxygens (including phenoxy) is 2. The lowest BCUT2D eigenvalue weighted by Crippen LogP contribution is -2.69. The minimum atomic E-state index is -2.26. The van der Waals surface area contributed by atoms with Crippen LogP contribution in [0.25, 0.3) is 0 Å². The highest BCUT2D eigenvalue weighted by atomic mass is 16.8. The number of rotatable bonds is 4. The van der Waals surface area contributed by atoms with E-state index in [1.165, 1.54) is 6.92 Å². The second-order valence-corrected chi connectivity index (χ2v) is 4.05. The second-order valence-electron chi connectivity index (χ2n) is 4.05. The molecule has 1 aliphatic heterocycles. The fourth-order valence-corrected chi connectivity index (χ4v) is 1.64. The quantitative estimate of drug-likeness (QED) is 0.304. The summed E-state index contributed by atoms with van der Waals surface area (Å²) in [5.74, 6) is -4.38. The van der Waals surface area contributed by atoms with E-state index in [0.717, 1.165) is 0 Å². The minimum absolute atomic E-state index is 0.772. The van der Waals surface area contributed by atoms with Crippen molar-refractivity contribution in [1.82, 2.24) is 0 Å². The molecule has 0 aromatic rings. The van der Waals surface area contributed by atoms with Crippen LogP contribution in [0.1, 0.15) is 6.92 Å². The largest absolute Gasteiger partial charge is 0.394 e. The molecule has 1 saturated heterocycles. The normalized spacial score (nSPS) is 44.6. The van der Waals surface area contributed by atoms with Gasteiger partial charge in [0.25, 0.3) is 0 Å². The molecule has 0 radical (unpaired) electrons. The molecule has 1 heterocycles. The molecule has 5 atom stereocenters. The molecule has 1 fully saturated rings. The summed E-state index contributed by atoms with van der Waals surface area (Å²) in [5, 5.41) is 56.0. The Bertz CT molecular complexity index is 261. The SMILES string of the molecule is CC1OC(O)(CO)C(C(O)CO)OC1(O)CO. The molecule has 0 amide bonds. The molecule has 102 valence electrons. The summed E-state index contributed by atoms with van der Waals surface area (Å²) >= 11 is 0. The van der Waals surface area contributed by atoms with Gasteiger partial charge in [0.1, 0.15) is 18.3 Å². The summed E-state index contributed by atoms with van der Waals surface area (Å²) in [5.41, 5.74) is 0. The van der Waals surface area contributed by atoms with Gasteiger partial charge in [-0.15, -0.1) is 0 Å². The maximum Gasteiger partial charge on any atom is 0.219 e. The average Bonchev–Trinajstić information content (AvgIpc) is 2.33. The van der Waals surface area contributed by atoms with Gasteiger partial charge in [-0.1, -0.05) is 0 Å². The van der Waals surface area contributed by atoms with Crippen LogP contribution in [0.2, 0.25) is 0 Å². The third-order valence-corrected chi connectivity index (χ3v) is 2.78. The van der Waals surface area contributed by atoms with Gasteiger partial charge in [-0.25, -0.2) is 0 Å². The second kappa shape index (κ2) is 5.12. The van der Waals surface area contributed by atoms with Gasteiger partial charge < -0.3 is 40.1 Å². The lowest BCUT2D eigenvalue weighted by molar-refractivity contribution is -0.440. The Balaban J connectivity index is 2.97. The molecule has 8 heteroatoms. The van der Waals surface area contributed by atoms with E-state index in [1.807, 2.05) is 0 Å². The standard InChI is InChI=1S/C9H18O8/c1-5-8(14,3-11)17-7(6(13)2-10)9(15,4-12)16-5/h5-7,10-15H,2-4H2,1H3. The van der Waals surface area contributed by atoms with E-state index in [0.29, 0.717) is 0 Å². The molecule has 0 aromatic heterocycles. The molecule has 17 heavy (non-hydrogen) atoms. The van der Waals surface area contributed by atoms with Gasteiger partial charge in [-0.05, 0) is 6.92 Å². The summed E-state index contributed by atoms with van der Waals surface area (Å²) < 4.78 is 9.92. The third-order valence-electron chi connectivity index (χ3n) is 2.78. The van der Waals surface area contributed by atoms with E-state index in [9.17, 15) is 15.3 Å². The van der Waals surface area contributed by atoms with Crippen LogP contribution in [0, 0.1) is 0 Å². The molecule has 1 rings (SSSR count). The van der Waals surface area contributed by atoms with Crippen molar-refractivity contribution in [2.75, 3.05) is 19.8 Å². The highest BCUT2D eigenvalue weighted by Gasteiger charge is 2.56. The van der Waals surface area contributed by atoms with Gasteiger partial charge in [-0.3, -0.25) is 0 Å². The Morgan fingerprint density at radius 1 is 1.06 bits per heavy atom. The average molecular weight is 254 g/mol. The maximum absolute atomic E-state index is 9.88.